The van der Waals surface area contributed by atoms with Gasteiger partial charge >= 0.3 is 0 Å². The van der Waals surface area contributed by atoms with Crippen LogP contribution in [0, 0.1) is 0 Å². The summed E-state index contributed by atoms with van der Waals surface area (Å²) in [5.74, 6) is 1.10. The molecule has 0 fully saturated rings. The van der Waals surface area contributed by atoms with Crippen LogP contribution in [0.25, 0.3) is 0 Å². The Hall–Kier alpha value is -2.09. The summed E-state index contributed by atoms with van der Waals surface area (Å²) in [7, 11) is 0. The van der Waals surface area contributed by atoms with Crippen LogP contribution in [0.15, 0.2) is 48.5 Å². The molecule has 0 unspecified atom stereocenters. The van der Waals surface area contributed by atoms with E-state index in [1.807, 2.05) is 30.3 Å². The van der Waals surface area contributed by atoms with Gasteiger partial charge in [-0.25, -0.2) is 0 Å². The van der Waals surface area contributed by atoms with Gasteiger partial charge in [0.25, 0.3) is 0 Å². The van der Waals surface area contributed by atoms with Crippen molar-refractivity contribution in [1.29, 1.82) is 0 Å². The van der Waals surface area contributed by atoms with Crippen molar-refractivity contribution in [1.82, 2.24) is 0 Å². The van der Waals surface area contributed by atoms with Gasteiger partial charge in [-0.3, -0.25) is 4.79 Å². The lowest BCUT2D eigenvalue weighted by Crippen LogP contribution is -2.12. The molecule has 0 aliphatic carbocycles. The molecule has 2 rings (SSSR count). The highest BCUT2D eigenvalue weighted by atomic mass is 16.1. The topological polar surface area (TPSA) is 29.1 Å². The number of hydrogen-bond acceptors (Lipinski definition) is 2. The monoisotopic (exact) mass is 309 g/mol. The Morgan fingerprint density at radius 3 is 1.96 bits per heavy atom. The summed E-state index contributed by atoms with van der Waals surface area (Å²) in [6.45, 7) is 9.50. The number of ketones is 1. The van der Waals surface area contributed by atoms with E-state index < -0.39 is 0 Å². The molecular formula is C21H27NO. The van der Waals surface area contributed by atoms with Gasteiger partial charge in [-0.05, 0) is 23.0 Å². The van der Waals surface area contributed by atoms with E-state index in [1.54, 1.807) is 0 Å². The molecule has 2 aromatic rings. The first kappa shape index (κ1) is 17.3. The third-order valence-corrected chi connectivity index (χ3v) is 4.12. The molecule has 2 heteroatoms. The number of para-hydroxylation sites is 1. The number of rotatable bonds is 7. The van der Waals surface area contributed by atoms with Crippen LogP contribution in [0.3, 0.4) is 0 Å². The molecule has 2 aromatic carbocycles. The minimum absolute atomic E-state index is 0.186. The van der Waals surface area contributed by atoms with Crippen molar-refractivity contribution in [2.24, 2.45) is 0 Å². The fraction of sp³-hybridized carbons (Fsp3) is 0.381. The smallest absolute Gasteiger partial charge is 0.164 e. The maximum absolute atomic E-state index is 12.2. The predicted octanol–water partition coefficient (Wildman–Crippen LogP) is 5.62. The highest BCUT2D eigenvalue weighted by Gasteiger charge is 2.14. The molecule has 0 amide bonds. The Kier molecular flexibility index (Phi) is 5.97. The van der Waals surface area contributed by atoms with Gasteiger partial charge in [-0.15, -0.1) is 0 Å². The van der Waals surface area contributed by atoms with Gasteiger partial charge in [0, 0.05) is 24.2 Å². The number of hydrogen-bond donors (Lipinski definition) is 1. The quantitative estimate of drug-likeness (QED) is 0.673. The molecule has 0 saturated carbocycles. The number of carbonyl (C=O) groups is 1. The first-order valence-electron chi connectivity index (χ1n) is 8.45. The van der Waals surface area contributed by atoms with Gasteiger partial charge in [0.15, 0.2) is 5.78 Å². The van der Waals surface area contributed by atoms with Gasteiger partial charge in [-0.2, -0.15) is 0 Å². The van der Waals surface area contributed by atoms with E-state index in [4.69, 9.17) is 0 Å². The average molecular weight is 309 g/mol. The van der Waals surface area contributed by atoms with Gasteiger partial charge < -0.3 is 5.32 Å². The van der Waals surface area contributed by atoms with Crippen molar-refractivity contribution in [2.75, 3.05) is 11.9 Å². The maximum Gasteiger partial charge on any atom is 0.164 e. The van der Waals surface area contributed by atoms with Crippen molar-refractivity contribution in [3.63, 3.8) is 0 Å². The first-order valence-corrected chi connectivity index (χ1v) is 8.45. The molecule has 23 heavy (non-hydrogen) atoms. The Balaban J connectivity index is 2.09. The van der Waals surface area contributed by atoms with Crippen LogP contribution in [0.1, 0.15) is 67.4 Å². The van der Waals surface area contributed by atoms with Crippen LogP contribution >= 0.6 is 0 Å². The molecule has 0 aromatic heterocycles. The normalized spacial score (nSPS) is 11.0. The minimum Gasteiger partial charge on any atom is -0.384 e. The fourth-order valence-corrected chi connectivity index (χ4v) is 2.82. The molecule has 0 bridgehead atoms. The zero-order valence-corrected chi connectivity index (χ0v) is 14.6. The van der Waals surface area contributed by atoms with Crippen molar-refractivity contribution >= 4 is 11.5 Å². The van der Waals surface area contributed by atoms with E-state index in [0.29, 0.717) is 24.8 Å². The molecule has 0 aliphatic rings. The van der Waals surface area contributed by atoms with Crippen molar-refractivity contribution < 1.29 is 4.79 Å². The fourth-order valence-electron chi connectivity index (χ4n) is 2.82. The van der Waals surface area contributed by atoms with Crippen molar-refractivity contribution in [2.45, 2.75) is 46.0 Å². The summed E-state index contributed by atoms with van der Waals surface area (Å²) in [5.41, 5.74) is 4.64. The second kappa shape index (κ2) is 7.96. The second-order valence-electron chi connectivity index (χ2n) is 6.59. The lowest BCUT2D eigenvalue weighted by molar-refractivity contribution is 0.0986. The van der Waals surface area contributed by atoms with Gasteiger partial charge in [0.2, 0.25) is 0 Å². The van der Waals surface area contributed by atoms with Gasteiger partial charge in [-0.1, -0.05) is 76.2 Å². The molecule has 0 spiro atoms. The molecular weight excluding hydrogens is 282 g/mol. The van der Waals surface area contributed by atoms with E-state index in [0.717, 1.165) is 5.56 Å². The van der Waals surface area contributed by atoms with Gasteiger partial charge in [0.1, 0.15) is 0 Å². The first-order chi connectivity index (χ1) is 11.0. The molecule has 0 atom stereocenters. The zero-order chi connectivity index (χ0) is 16.8. The molecule has 1 N–H and O–H groups in total. The van der Waals surface area contributed by atoms with Crippen LogP contribution in [-0.4, -0.2) is 12.3 Å². The average Bonchev–Trinajstić information content (AvgIpc) is 2.55. The lowest BCUT2D eigenvalue weighted by Gasteiger charge is -2.20. The second-order valence-corrected chi connectivity index (χ2v) is 6.59. The predicted molar refractivity (Wildman–Crippen MR) is 98.5 cm³/mol. The van der Waals surface area contributed by atoms with Crippen LogP contribution < -0.4 is 5.32 Å². The lowest BCUT2D eigenvalue weighted by atomic mass is 9.92. The molecule has 0 aliphatic heterocycles. The Bertz CT molecular complexity index is 618. The van der Waals surface area contributed by atoms with Crippen LogP contribution in [0.5, 0.6) is 0 Å². The Morgan fingerprint density at radius 2 is 1.43 bits per heavy atom. The summed E-state index contributed by atoms with van der Waals surface area (Å²) in [6, 6.07) is 16.0. The molecule has 2 nitrogen and oxygen atoms in total. The number of carbonyl (C=O) groups excluding carboxylic acids is 1. The third-order valence-electron chi connectivity index (χ3n) is 4.12. The number of benzene rings is 2. The summed E-state index contributed by atoms with van der Waals surface area (Å²) in [6.07, 6.45) is 0.508. The largest absolute Gasteiger partial charge is 0.384 e. The standard InChI is InChI=1S/C21H27NO/c1-15(2)18-11-8-12-19(16(3)4)21(18)22-14-13-20(23)17-9-6-5-7-10-17/h5-12,15-16,22H,13-14H2,1-4H3. The number of Topliss-reactive ketones (excluding diaryl/α,β-unsaturated/α-hetero) is 1. The van der Waals surface area contributed by atoms with E-state index in [-0.39, 0.29) is 5.78 Å². The highest BCUT2D eigenvalue weighted by Crippen LogP contribution is 2.32. The molecule has 0 saturated heterocycles. The molecule has 0 heterocycles. The van der Waals surface area contributed by atoms with Crippen LogP contribution in [0.4, 0.5) is 5.69 Å². The minimum atomic E-state index is 0.186. The van der Waals surface area contributed by atoms with E-state index >= 15 is 0 Å². The number of anilines is 1. The van der Waals surface area contributed by atoms with E-state index in [9.17, 15) is 4.79 Å². The van der Waals surface area contributed by atoms with E-state index in [1.165, 1.54) is 16.8 Å². The van der Waals surface area contributed by atoms with Crippen molar-refractivity contribution in [3.8, 4) is 0 Å². The number of nitrogens with one attached hydrogen (secondary N) is 1. The highest BCUT2D eigenvalue weighted by molar-refractivity contribution is 5.96. The zero-order valence-electron chi connectivity index (χ0n) is 14.6. The Morgan fingerprint density at radius 1 is 0.870 bits per heavy atom. The van der Waals surface area contributed by atoms with Crippen LogP contribution in [0.2, 0.25) is 0 Å². The summed E-state index contributed by atoms with van der Waals surface area (Å²) in [5, 5.41) is 3.52. The summed E-state index contributed by atoms with van der Waals surface area (Å²) >= 11 is 0. The maximum atomic E-state index is 12.2. The summed E-state index contributed by atoms with van der Waals surface area (Å²) < 4.78 is 0. The van der Waals surface area contributed by atoms with Crippen molar-refractivity contribution in [3.05, 3.63) is 65.2 Å². The SMILES string of the molecule is CC(C)c1cccc(C(C)C)c1NCCC(=O)c1ccccc1. The van der Waals surface area contributed by atoms with Crippen LogP contribution in [-0.2, 0) is 0 Å². The van der Waals surface area contributed by atoms with Gasteiger partial charge in [0.05, 0.1) is 0 Å². The molecule has 0 radical (unpaired) electrons. The van der Waals surface area contributed by atoms with E-state index in [2.05, 4.69) is 51.2 Å². The Labute approximate surface area is 139 Å². The third kappa shape index (κ3) is 4.44. The summed E-state index contributed by atoms with van der Waals surface area (Å²) in [4.78, 5) is 12.2. The molecule has 122 valence electrons.